The molecule has 0 aliphatic rings. The molecule has 2 rings (SSSR count). The van der Waals surface area contributed by atoms with Gasteiger partial charge in [-0.15, -0.1) is 0 Å². The summed E-state index contributed by atoms with van der Waals surface area (Å²) in [5.74, 6) is -1.61. The fraction of sp³-hybridized carbons (Fsp3) is 0.125. The quantitative estimate of drug-likeness (QED) is 0.761. The first kappa shape index (κ1) is 19.1. The molecule has 0 unspecified atom stereocenters. The normalized spacial score (nSPS) is 11.1. The average Bonchev–Trinajstić information content (AvgIpc) is 2.55. The Morgan fingerprint density at radius 3 is 2.28 bits per heavy atom. The zero-order chi connectivity index (χ0) is 18.6. The smallest absolute Gasteiger partial charge is 0.416 e. The minimum Gasteiger partial charge on any atom is -0.452 e. The van der Waals surface area contributed by atoms with Crippen LogP contribution in [-0.4, -0.2) is 18.5 Å². The number of hydrogen-bond donors (Lipinski definition) is 1. The van der Waals surface area contributed by atoms with E-state index in [1.165, 1.54) is 18.2 Å². The largest absolute Gasteiger partial charge is 0.452 e. The number of benzene rings is 2. The third-order valence-electron chi connectivity index (χ3n) is 2.98. The van der Waals surface area contributed by atoms with Gasteiger partial charge in [-0.25, -0.2) is 4.79 Å². The van der Waals surface area contributed by atoms with E-state index in [-0.39, 0.29) is 16.3 Å². The van der Waals surface area contributed by atoms with E-state index in [1.54, 1.807) is 0 Å². The molecule has 4 nitrogen and oxygen atoms in total. The molecular formula is C16H10Cl2F3NO3. The van der Waals surface area contributed by atoms with Gasteiger partial charge in [0.1, 0.15) is 0 Å². The second-order valence-electron chi connectivity index (χ2n) is 4.82. The average molecular weight is 392 g/mol. The lowest BCUT2D eigenvalue weighted by Crippen LogP contribution is -2.21. The lowest BCUT2D eigenvalue weighted by atomic mass is 10.1. The molecule has 25 heavy (non-hydrogen) atoms. The highest BCUT2D eigenvalue weighted by Crippen LogP contribution is 2.29. The van der Waals surface area contributed by atoms with Gasteiger partial charge in [-0.2, -0.15) is 13.2 Å². The SMILES string of the molecule is O=C(COC(=O)c1ccc(C(F)(F)F)cc1)Nc1cc(Cl)ccc1Cl. The van der Waals surface area contributed by atoms with Crippen LogP contribution in [-0.2, 0) is 15.7 Å². The second kappa shape index (κ2) is 7.76. The Balaban J connectivity index is 1.93. The highest BCUT2D eigenvalue weighted by Gasteiger charge is 2.30. The second-order valence-corrected chi connectivity index (χ2v) is 5.67. The maximum atomic E-state index is 12.5. The van der Waals surface area contributed by atoms with Crippen molar-refractivity contribution in [3.63, 3.8) is 0 Å². The van der Waals surface area contributed by atoms with Crippen LogP contribution in [0.15, 0.2) is 42.5 Å². The minimum absolute atomic E-state index is 0.110. The molecule has 0 heterocycles. The van der Waals surface area contributed by atoms with E-state index in [4.69, 9.17) is 27.9 Å². The molecular weight excluding hydrogens is 382 g/mol. The molecule has 0 atom stereocenters. The van der Waals surface area contributed by atoms with Crippen molar-refractivity contribution >= 4 is 40.8 Å². The van der Waals surface area contributed by atoms with E-state index >= 15 is 0 Å². The Hall–Kier alpha value is -2.25. The molecule has 2 aromatic carbocycles. The molecule has 0 saturated carbocycles. The molecule has 0 bridgehead atoms. The first-order chi connectivity index (χ1) is 11.7. The van der Waals surface area contributed by atoms with Gasteiger partial charge in [0.15, 0.2) is 6.61 Å². The van der Waals surface area contributed by atoms with Gasteiger partial charge in [0.05, 0.1) is 21.8 Å². The summed E-state index contributed by atoms with van der Waals surface area (Å²) in [4.78, 5) is 23.5. The molecule has 0 spiro atoms. The molecule has 0 aliphatic heterocycles. The zero-order valence-corrected chi connectivity index (χ0v) is 13.9. The van der Waals surface area contributed by atoms with Crippen molar-refractivity contribution in [3.8, 4) is 0 Å². The predicted molar refractivity (Wildman–Crippen MR) is 86.8 cm³/mol. The number of rotatable bonds is 4. The predicted octanol–water partition coefficient (Wildman–Crippen LogP) is 4.81. The molecule has 0 fully saturated rings. The Kier molecular flexibility index (Phi) is 5.92. The first-order valence-corrected chi connectivity index (χ1v) is 7.51. The summed E-state index contributed by atoms with van der Waals surface area (Å²) in [6, 6.07) is 7.87. The highest BCUT2D eigenvalue weighted by atomic mass is 35.5. The Morgan fingerprint density at radius 2 is 1.68 bits per heavy atom. The fourth-order valence-electron chi connectivity index (χ4n) is 1.79. The van der Waals surface area contributed by atoms with Gasteiger partial charge in [0.2, 0.25) is 0 Å². The standard InChI is InChI=1S/C16H10Cl2F3NO3/c17-11-5-6-12(18)13(7-11)22-14(23)8-25-15(24)9-1-3-10(4-2-9)16(19,20)21/h1-7H,8H2,(H,22,23). The van der Waals surface area contributed by atoms with Crippen molar-refractivity contribution in [1.29, 1.82) is 0 Å². The summed E-state index contributed by atoms with van der Waals surface area (Å²) in [5, 5.41) is 3.00. The van der Waals surface area contributed by atoms with Gasteiger partial charge in [-0.1, -0.05) is 23.2 Å². The molecule has 1 amide bonds. The van der Waals surface area contributed by atoms with E-state index in [9.17, 15) is 22.8 Å². The summed E-state index contributed by atoms with van der Waals surface area (Å²) in [7, 11) is 0. The number of nitrogens with one attached hydrogen (secondary N) is 1. The van der Waals surface area contributed by atoms with Crippen LogP contribution in [0.1, 0.15) is 15.9 Å². The number of halogens is 5. The summed E-state index contributed by atoms with van der Waals surface area (Å²) in [5.41, 5.74) is -0.760. The van der Waals surface area contributed by atoms with Crippen molar-refractivity contribution in [2.24, 2.45) is 0 Å². The van der Waals surface area contributed by atoms with Crippen LogP contribution >= 0.6 is 23.2 Å². The first-order valence-electron chi connectivity index (χ1n) is 6.76. The highest BCUT2D eigenvalue weighted by molar-refractivity contribution is 6.35. The summed E-state index contributed by atoms with van der Waals surface area (Å²) >= 11 is 11.7. The van der Waals surface area contributed by atoms with Crippen molar-refractivity contribution < 1.29 is 27.5 Å². The Bertz CT molecular complexity index is 792. The summed E-state index contributed by atoms with van der Waals surface area (Å²) in [6.45, 7) is -0.636. The third kappa shape index (κ3) is 5.37. The molecule has 9 heteroatoms. The van der Waals surface area contributed by atoms with E-state index in [2.05, 4.69) is 5.32 Å². The van der Waals surface area contributed by atoms with Crippen molar-refractivity contribution in [1.82, 2.24) is 0 Å². The van der Waals surface area contributed by atoms with E-state index in [0.29, 0.717) is 5.02 Å². The maximum absolute atomic E-state index is 12.5. The molecule has 0 aliphatic carbocycles. The fourth-order valence-corrected chi connectivity index (χ4v) is 2.13. The lowest BCUT2D eigenvalue weighted by Gasteiger charge is -2.09. The van der Waals surface area contributed by atoms with Gasteiger partial charge in [-0.3, -0.25) is 4.79 Å². The van der Waals surface area contributed by atoms with E-state index in [0.717, 1.165) is 24.3 Å². The van der Waals surface area contributed by atoms with Gasteiger partial charge >= 0.3 is 12.1 Å². The molecule has 0 radical (unpaired) electrons. The number of hydrogen-bond acceptors (Lipinski definition) is 3. The number of ether oxygens (including phenoxy) is 1. The van der Waals surface area contributed by atoms with Gasteiger partial charge in [0, 0.05) is 5.02 Å². The lowest BCUT2D eigenvalue weighted by molar-refractivity contribution is -0.137. The molecule has 2 aromatic rings. The Labute approximate surface area is 150 Å². The number of alkyl halides is 3. The topological polar surface area (TPSA) is 55.4 Å². The molecule has 0 saturated heterocycles. The van der Waals surface area contributed by atoms with Crippen LogP contribution in [0.5, 0.6) is 0 Å². The van der Waals surface area contributed by atoms with Crippen LogP contribution in [0.25, 0.3) is 0 Å². The zero-order valence-electron chi connectivity index (χ0n) is 12.4. The van der Waals surface area contributed by atoms with Crippen LogP contribution in [0.3, 0.4) is 0 Å². The van der Waals surface area contributed by atoms with Gasteiger partial charge < -0.3 is 10.1 Å². The van der Waals surface area contributed by atoms with Crippen LogP contribution in [0, 0.1) is 0 Å². The minimum atomic E-state index is -4.50. The summed E-state index contributed by atoms with van der Waals surface area (Å²) < 4.78 is 42.1. The van der Waals surface area contributed by atoms with Gasteiger partial charge in [0.25, 0.3) is 5.91 Å². The molecule has 132 valence electrons. The van der Waals surface area contributed by atoms with Crippen LogP contribution < -0.4 is 5.32 Å². The summed E-state index contributed by atoms with van der Waals surface area (Å²) in [6.07, 6.45) is -4.50. The molecule has 1 N–H and O–H groups in total. The van der Waals surface area contributed by atoms with Crippen molar-refractivity contribution in [2.75, 3.05) is 11.9 Å². The number of amides is 1. The van der Waals surface area contributed by atoms with Crippen LogP contribution in [0.2, 0.25) is 10.0 Å². The molecule has 0 aromatic heterocycles. The van der Waals surface area contributed by atoms with Crippen molar-refractivity contribution in [2.45, 2.75) is 6.18 Å². The monoisotopic (exact) mass is 391 g/mol. The third-order valence-corrected chi connectivity index (χ3v) is 3.55. The van der Waals surface area contributed by atoms with E-state index in [1.807, 2.05) is 0 Å². The van der Waals surface area contributed by atoms with E-state index < -0.39 is 30.2 Å². The number of anilines is 1. The van der Waals surface area contributed by atoms with Gasteiger partial charge in [-0.05, 0) is 42.5 Å². The Morgan fingerprint density at radius 1 is 1.04 bits per heavy atom. The number of esters is 1. The number of carbonyl (C=O) groups excluding carboxylic acids is 2. The maximum Gasteiger partial charge on any atom is 0.416 e. The van der Waals surface area contributed by atoms with Crippen LogP contribution in [0.4, 0.5) is 18.9 Å². The van der Waals surface area contributed by atoms with Crippen molar-refractivity contribution in [3.05, 3.63) is 63.6 Å². The number of carbonyl (C=O) groups is 2.